The number of methoxy groups -OCH3 is 1. The van der Waals surface area contributed by atoms with Gasteiger partial charge in [0.05, 0.1) is 31.8 Å². The van der Waals surface area contributed by atoms with Crippen molar-refractivity contribution in [2.45, 2.75) is 44.7 Å². The minimum absolute atomic E-state index is 0.154. The largest absolute Gasteiger partial charge is 0.469 e. The Balaban J connectivity index is 1.57. The summed E-state index contributed by atoms with van der Waals surface area (Å²) in [5, 5.41) is 4.19. The molecule has 1 aliphatic heterocycles. The molecular formula is C25H27N3O3S. The number of thiophene rings is 1. The summed E-state index contributed by atoms with van der Waals surface area (Å²) in [6.07, 6.45) is 6.90. The third-order valence-electron chi connectivity index (χ3n) is 6.39. The van der Waals surface area contributed by atoms with Crippen molar-refractivity contribution in [2.75, 3.05) is 13.7 Å². The van der Waals surface area contributed by atoms with Crippen LogP contribution in [0.5, 0.6) is 0 Å². The van der Waals surface area contributed by atoms with E-state index in [4.69, 9.17) is 4.74 Å². The van der Waals surface area contributed by atoms with Gasteiger partial charge in [-0.2, -0.15) is 0 Å². The molecule has 166 valence electrons. The van der Waals surface area contributed by atoms with E-state index in [1.807, 2.05) is 34.4 Å². The average Bonchev–Trinajstić information content (AvgIpc) is 3.41. The minimum Gasteiger partial charge on any atom is -0.469 e. The number of nitrogens with one attached hydrogen (secondary N) is 1. The van der Waals surface area contributed by atoms with Gasteiger partial charge in [0.15, 0.2) is 0 Å². The van der Waals surface area contributed by atoms with Crippen molar-refractivity contribution in [3.8, 4) is 5.00 Å². The molecule has 0 fully saturated rings. The molecule has 2 aromatic heterocycles. The van der Waals surface area contributed by atoms with Crippen molar-refractivity contribution in [1.82, 2.24) is 14.8 Å². The summed E-state index contributed by atoms with van der Waals surface area (Å²) >= 11 is 1.88. The number of fused-ring (bicyclic) bond motifs is 5. The Morgan fingerprint density at radius 3 is 2.72 bits per heavy atom. The number of aryl methyl sites for hydroxylation is 1. The second-order valence-corrected chi connectivity index (χ2v) is 9.38. The van der Waals surface area contributed by atoms with Gasteiger partial charge in [0, 0.05) is 23.2 Å². The molecule has 0 radical (unpaired) electrons. The van der Waals surface area contributed by atoms with Crippen molar-refractivity contribution in [3.05, 3.63) is 75.9 Å². The van der Waals surface area contributed by atoms with E-state index in [0.717, 1.165) is 24.1 Å². The number of carbonyl (C=O) groups excluding carboxylic acids is 2. The van der Waals surface area contributed by atoms with E-state index in [-0.39, 0.29) is 31.0 Å². The summed E-state index contributed by atoms with van der Waals surface area (Å²) in [4.78, 5) is 28.4. The van der Waals surface area contributed by atoms with Crippen molar-refractivity contribution < 1.29 is 14.3 Å². The maximum Gasteiger partial charge on any atom is 0.318 e. The fourth-order valence-electron chi connectivity index (χ4n) is 4.85. The number of benzene rings is 1. The normalized spacial score (nSPS) is 17.0. The van der Waals surface area contributed by atoms with E-state index in [1.165, 1.54) is 41.0 Å². The maximum absolute atomic E-state index is 13.5. The highest BCUT2D eigenvalue weighted by atomic mass is 32.1. The fraction of sp³-hybridized carbons (Fsp3) is 0.360. The van der Waals surface area contributed by atoms with E-state index in [2.05, 4.69) is 40.3 Å². The first-order valence-electron chi connectivity index (χ1n) is 11.1. The van der Waals surface area contributed by atoms with E-state index in [0.29, 0.717) is 6.54 Å². The van der Waals surface area contributed by atoms with E-state index in [9.17, 15) is 9.59 Å². The Labute approximate surface area is 191 Å². The first-order valence-corrected chi connectivity index (χ1v) is 12.0. The molecule has 32 heavy (non-hydrogen) atoms. The predicted octanol–water partition coefficient (Wildman–Crippen LogP) is 4.60. The number of aromatic nitrogens is 1. The van der Waals surface area contributed by atoms with Crippen LogP contribution in [0, 0.1) is 0 Å². The Bertz CT molecular complexity index is 1130. The van der Waals surface area contributed by atoms with Crippen LogP contribution in [-0.4, -0.2) is 35.1 Å². The molecule has 0 unspecified atom stereocenters. The van der Waals surface area contributed by atoms with Crippen LogP contribution in [0.25, 0.3) is 5.00 Å². The van der Waals surface area contributed by atoms with Gasteiger partial charge >= 0.3 is 12.0 Å². The molecule has 1 aliphatic carbocycles. The van der Waals surface area contributed by atoms with Gasteiger partial charge in [-0.05, 0) is 48.9 Å². The standard InChI is InChI=1S/C25H27N3O3S/c1-31-22(29)13-14-26-25(30)28-16-19-18-10-5-6-12-21(18)32-24(19)27-15-7-11-20(27)23(28)17-8-3-2-4-9-17/h2-4,7-9,11,15,23H,5-6,10,12-14,16H2,1H3,(H,26,30)/t23-/m1/s1. The number of urea groups is 1. The van der Waals surface area contributed by atoms with Crippen molar-refractivity contribution in [1.29, 1.82) is 0 Å². The summed E-state index contributed by atoms with van der Waals surface area (Å²) < 4.78 is 6.99. The van der Waals surface area contributed by atoms with Crippen LogP contribution in [0.1, 0.15) is 52.6 Å². The lowest BCUT2D eigenvalue weighted by molar-refractivity contribution is -0.140. The van der Waals surface area contributed by atoms with Gasteiger partial charge in [-0.25, -0.2) is 4.79 Å². The summed E-state index contributed by atoms with van der Waals surface area (Å²) in [6, 6.07) is 14.0. The van der Waals surface area contributed by atoms with E-state index < -0.39 is 0 Å². The molecule has 0 saturated heterocycles. The molecule has 2 amide bonds. The molecule has 3 aromatic rings. The van der Waals surface area contributed by atoms with Gasteiger partial charge in [-0.15, -0.1) is 11.3 Å². The summed E-state index contributed by atoms with van der Waals surface area (Å²) in [6.45, 7) is 0.797. The van der Waals surface area contributed by atoms with Crippen LogP contribution < -0.4 is 5.32 Å². The van der Waals surface area contributed by atoms with Crippen LogP contribution >= 0.6 is 11.3 Å². The zero-order chi connectivity index (χ0) is 22.1. The molecule has 2 aliphatic rings. The number of rotatable bonds is 4. The first kappa shape index (κ1) is 20.8. The van der Waals surface area contributed by atoms with Gasteiger partial charge in [0.1, 0.15) is 5.00 Å². The Kier molecular flexibility index (Phi) is 5.74. The summed E-state index contributed by atoms with van der Waals surface area (Å²) in [7, 11) is 1.36. The third-order valence-corrected chi connectivity index (χ3v) is 7.72. The van der Waals surface area contributed by atoms with E-state index >= 15 is 0 Å². The molecule has 5 rings (SSSR count). The topological polar surface area (TPSA) is 63.6 Å². The molecule has 3 heterocycles. The Morgan fingerprint density at radius 2 is 1.91 bits per heavy atom. The number of hydrogen-bond acceptors (Lipinski definition) is 4. The predicted molar refractivity (Wildman–Crippen MR) is 124 cm³/mol. The van der Waals surface area contributed by atoms with Gasteiger partial charge in [0.2, 0.25) is 0 Å². The van der Waals surface area contributed by atoms with Crippen molar-refractivity contribution >= 4 is 23.3 Å². The Morgan fingerprint density at radius 1 is 1.09 bits per heavy atom. The highest BCUT2D eigenvalue weighted by molar-refractivity contribution is 7.15. The van der Waals surface area contributed by atoms with E-state index in [1.54, 1.807) is 0 Å². The number of carbonyl (C=O) groups is 2. The van der Waals surface area contributed by atoms with Gasteiger partial charge in [-0.3, -0.25) is 4.79 Å². The number of nitrogens with zero attached hydrogens (tertiary/aromatic N) is 2. The lowest BCUT2D eigenvalue weighted by Gasteiger charge is -2.31. The molecule has 0 bridgehead atoms. The second-order valence-electron chi connectivity index (χ2n) is 8.30. The minimum atomic E-state index is -0.330. The molecule has 0 spiro atoms. The highest BCUT2D eigenvalue weighted by Crippen LogP contribution is 2.43. The molecule has 0 saturated carbocycles. The van der Waals surface area contributed by atoms with Crippen molar-refractivity contribution in [2.24, 2.45) is 0 Å². The summed E-state index contributed by atoms with van der Waals surface area (Å²) in [5.74, 6) is -0.330. The zero-order valence-corrected chi connectivity index (χ0v) is 19.0. The van der Waals surface area contributed by atoms with Gasteiger partial charge in [0.25, 0.3) is 0 Å². The van der Waals surface area contributed by atoms with Crippen LogP contribution in [0.3, 0.4) is 0 Å². The number of amides is 2. The monoisotopic (exact) mass is 449 g/mol. The SMILES string of the molecule is COC(=O)CCNC(=O)N1Cc2c(sc3c2CCCC3)-n2cccc2[C@H]1c1ccccc1. The average molecular weight is 450 g/mol. The third kappa shape index (κ3) is 3.71. The van der Waals surface area contributed by atoms with Crippen LogP contribution in [0.2, 0.25) is 0 Å². The van der Waals surface area contributed by atoms with Gasteiger partial charge < -0.3 is 19.5 Å². The number of hydrogen-bond donors (Lipinski definition) is 1. The second kappa shape index (κ2) is 8.82. The van der Waals surface area contributed by atoms with Crippen LogP contribution in [0.15, 0.2) is 48.7 Å². The van der Waals surface area contributed by atoms with Gasteiger partial charge in [-0.1, -0.05) is 30.3 Å². The zero-order valence-electron chi connectivity index (χ0n) is 18.2. The van der Waals surface area contributed by atoms with Crippen molar-refractivity contribution in [3.63, 3.8) is 0 Å². The lowest BCUT2D eigenvalue weighted by atomic mass is 9.95. The molecule has 6 nitrogen and oxygen atoms in total. The molecular weight excluding hydrogens is 422 g/mol. The number of ether oxygens (including phenoxy) is 1. The molecule has 1 aromatic carbocycles. The highest BCUT2D eigenvalue weighted by Gasteiger charge is 2.35. The smallest absolute Gasteiger partial charge is 0.318 e. The first-order chi connectivity index (χ1) is 15.7. The quantitative estimate of drug-likeness (QED) is 0.593. The van der Waals surface area contributed by atoms with Crippen LogP contribution in [0.4, 0.5) is 4.79 Å². The Hall–Kier alpha value is -3.06. The summed E-state index contributed by atoms with van der Waals surface area (Å²) in [5.41, 5.74) is 4.84. The lowest BCUT2D eigenvalue weighted by Crippen LogP contribution is -2.42. The molecule has 1 atom stereocenters. The maximum atomic E-state index is 13.5. The fourth-order valence-corrected chi connectivity index (χ4v) is 6.25. The molecule has 1 N–H and O–H groups in total. The molecule has 7 heteroatoms. The van der Waals surface area contributed by atoms with Crippen LogP contribution in [-0.2, 0) is 28.9 Å². The number of esters is 1.